The number of halogens is 1. The molecule has 1 aromatic carbocycles. The highest BCUT2D eigenvalue weighted by Crippen LogP contribution is 2.22. The average Bonchev–Trinajstić information content (AvgIpc) is 3.11. The number of nitrogens with zero attached hydrogens (tertiary/aromatic N) is 2. The summed E-state index contributed by atoms with van der Waals surface area (Å²) in [5.74, 6) is 1.71. The number of hydrogen-bond donors (Lipinski definition) is 1. The molecule has 0 bridgehead atoms. The first-order chi connectivity index (χ1) is 10.2. The minimum atomic E-state index is 0. The topological polar surface area (TPSA) is 41.3 Å². The molecule has 0 spiro atoms. The third kappa shape index (κ3) is 4.09. The highest BCUT2D eigenvalue weighted by atomic mass is 35.5. The molecular formula is C17H24ClN3O. The molecule has 2 aromatic rings. The van der Waals surface area contributed by atoms with Gasteiger partial charge in [-0.1, -0.05) is 35.0 Å². The molecule has 1 N–H and O–H groups in total. The van der Waals surface area contributed by atoms with Gasteiger partial charge in [0.1, 0.15) is 5.69 Å². The van der Waals surface area contributed by atoms with Crippen LogP contribution >= 0.6 is 12.4 Å². The van der Waals surface area contributed by atoms with Crippen LogP contribution in [-0.4, -0.2) is 36.7 Å². The Morgan fingerprint density at radius 1 is 1.32 bits per heavy atom. The van der Waals surface area contributed by atoms with Gasteiger partial charge >= 0.3 is 0 Å². The van der Waals surface area contributed by atoms with Crippen molar-refractivity contribution in [3.05, 3.63) is 41.7 Å². The first-order valence-corrected chi connectivity index (χ1v) is 7.64. The summed E-state index contributed by atoms with van der Waals surface area (Å²) < 4.78 is 5.50. The highest BCUT2D eigenvalue weighted by molar-refractivity contribution is 5.85. The molecule has 1 aliphatic heterocycles. The van der Waals surface area contributed by atoms with E-state index in [1.807, 2.05) is 7.05 Å². The van der Waals surface area contributed by atoms with E-state index in [1.165, 1.54) is 12.0 Å². The fourth-order valence-corrected chi connectivity index (χ4v) is 2.98. The molecule has 2 heterocycles. The van der Waals surface area contributed by atoms with Gasteiger partial charge in [0.2, 0.25) is 0 Å². The molecule has 1 unspecified atom stereocenters. The van der Waals surface area contributed by atoms with Gasteiger partial charge in [0.25, 0.3) is 0 Å². The van der Waals surface area contributed by atoms with Crippen LogP contribution < -0.4 is 5.32 Å². The summed E-state index contributed by atoms with van der Waals surface area (Å²) in [4.78, 5) is 2.45. The fraction of sp³-hybridized carbons (Fsp3) is 0.471. The van der Waals surface area contributed by atoms with Crippen LogP contribution in [0.4, 0.5) is 0 Å². The molecule has 1 saturated heterocycles. The molecule has 0 radical (unpaired) electrons. The van der Waals surface area contributed by atoms with E-state index in [-0.39, 0.29) is 12.4 Å². The third-order valence-corrected chi connectivity index (χ3v) is 4.15. The van der Waals surface area contributed by atoms with Gasteiger partial charge in [0.15, 0.2) is 5.76 Å². The highest BCUT2D eigenvalue weighted by Gasteiger charge is 2.22. The summed E-state index contributed by atoms with van der Waals surface area (Å²) in [6.07, 6.45) is 1.26. The normalized spacial score (nSPS) is 18.4. The summed E-state index contributed by atoms with van der Waals surface area (Å²) in [5, 5.41) is 7.46. The standard InChI is InChI=1S/C17H23N3O.ClH/c1-13-3-5-15(6-4-13)17-9-16(21-19-17)12-20-8-7-14(11-20)10-18-2;/h3-6,9,14,18H,7-8,10-12H2,1-2H3;1H. The number of rotatable bonds is 5. The quantitative estimate of drug-likeness (QED) is 0.918. The van der Waals surface area contributed by atoms with Gasteiger partial charge in [-0.05, 0) is 39.4 Å². The van der Waals surface area contributed by atoms with Crippen molar-refractivity contribution in [3.8, 4) is 11.3 Å². The molecule has 0 saturated carbocycles. The van der Waals surface area contributed by atoms with E-state index in [0.29, 0.717) is 0 Å². The van der Waals surface area contributed by atoms with Gasteiger partial charge in [0, 0.05) is 18.2 Å². The minimum Gasteiger partial charge on any atom is -0.359 e. The van der Waals surface area contributed by atoms with Gasteiger partial charge in [-0.25, -0.2) is 0 Å². The molecular weight excluding hydrogens is 298 g/mol. The van der Waals surface area contributed by atoms with Crippen LogP contribution in [0, 0.1) is 12.8 Å². The van der Waals surface area contributed by atoms with Crippen molar-refractivity contribution >= 4 is 12.4 Å². The number of hydrogen-bond acceptors (Lipinski definition) is 4. The van der Waals surface area contributed by atoms with E-state index in [9.17, 15) is 0 Å². The maximum Gasteiger partial charge on any atom is 0.151 e. The minimum absolute atomic E-state index is 0. The second kappa shape index (κ2) is 7.77. The molecule has 0 amide bonds. The maximum absolute atomic E-state index is 5.50. The molecule has 1 fully saturated rings. The first-order valence-electron chi connectivity index (χ1n) is 7.64. The van der Waals surface area contributed by atoms with Crippen LogP contribution in [-0.2, 0) is 6.54 Å². The zero-order valence-corrected chi connectivity index (χ0v) is 14.0. The van der Waals surface area contributed by atoms with E-state index in [1.54, 1.807) is 0 Å². The molecule has 1 atom stereocenters. The summed E-state index contributed by atoms with van der Waals surface area (Å²) in [6, 6.07) is 10.5. The molecule has 1 aromatic heterocycles. The van der Waals surface area contributed by atoms with Gasteiger partial charge in [-0.2, -0.15) is 0 Å². The van der Waals surface area contributed by atoms with E-state index >= 15 is 0 Å². The number of aromatic nitrogens is 1. The Hall–Kier alpha value is -1.36. The number of nitrogens with one attached hydrogen (secondary N) is 1. The summed E-state index contributed by atoms with van der Waals surface area (Å²) in [7, 11) is 2.02. The average molecular weight is 322 g/mol. The van der Waals surface area contributed by atoms with Gasteiger partial charge < -0.3 is 9.84 Å². The Morgan fingerprint density at radius 2 is 2.09 bits per heavy atom. The Kier molecular flexibility index (Phi) is 6.00. The van der Waals surface area contributed by atoms with E-state index in [2.05, 4.69) is 52.6 Å². The van der Waals surface area contributed by atoms with Crippen molar-refractivity contribution in [2.45, 2.75) is 19.9 Å². The maximum atomic E-state index is 5.50. The van der Waals surface area contributed by atoms with Crippen molar-refractivity contribution in [3.63, 3.8) is 0 Å². The lowest BCUT2D eigenvalue weighted by atomic mass is 10.1. The van der Waals surface area contributed by atoms with Crippen LogP contribution in [0.15, 0.2) is 34.9 Å². The second-order valence-electron chi connectivity index (χ2n) is 5.99. The summed E-state index contributed by atoms with van der Waals surface area (Å²) >= 11 is 0. The largest absolute Gasteiger partial charge is 0.359 e. The predicted octanol–water partition coefficient (Wildman–Crippen LogP) is 3.11. The zero-order chi connectivity index (χ0) is 14.7. The van der Waals surface area contributed by atoms with Crippen molar-refractivity contribution < 1.29 is 4.52 Å². The number of likely N-dealkylation sites (tertiary alicyclic amines) is 1. The first kappa shape index (κ1) is 17.0. The SMILES string of the molecule is CNCC1CCN(Cc2cc(-c3ccc(C)cc3)no2)C1.Cl. The summed E-state index contributed by atoms with van der Waals surface area (Å²) in [6.45, 7) is 6.34. The Bertz CT molecular complexity index is 582. The van der Waals surface area contributed by atoms with Gasteiger partial charge in [-0.3, -0.25) is 4.90 Å². The Morgan fingerprint density at radius 3 is 2.82 bits per heavy atom. The lowest BCUT2D eigenvalue weighted by molar-refractivity contribution is 0.266. The van der Waals surface area contributed by atoms with Crippen LogP contribution in [0.1, 0.15) is 17.7 Å². The molecule has 3 rings (SSSR count). The van der Waals surface area contributed by atoms with Crippen molar-refractivity contribution in [2.75, 3.05) is 26.7 Å². The number of aryl methyl sites for hydroxylation is 1. The van der Waals surface area contributed by atoms with Gasteiger partial charge in [-0.15, -0.1) is 12.4 Å². The molecule has 5 heteroatoms. The third-order valence-electron chi connectivity index (χ3n) is 4.15. The fourth-order valence-electron chi connectivity index (χ4n) is 2.98. The Labute approximate surface area is 138 Å². The zero-order valence-electron chi connectivity index (χ0n) is 13.2. The molecule has 120 valence electrons. The number of benzene rings is 1. The van der Waals surface area contributed by atoms with E-state index < -0.39 is 0 Å². The molecule has 22 heavy (non-hydrogen) atoms. The molecule has 1 aliphatic rings. The van der Waals surface area contributed by atoms with Crippen LogP contribution in [0.5, 0.6) is 0 Å². The molecule has 0 aliphatic carbocycles. The lowest BCUT2D eigenvalue weighted by Crippen LogP contribution is -2.24. The van der Waals surface area contributed by atoms with Crippen molar-refractivity contribution in [1.82, 2.24) is 15.4 Å². The summed E-state index contributed by atoms with van der Waals surface area (Å²) in [5.41, 5.74) is 3.30. The monoisotopic (exact) mass is 321 g/mol. The predicted molar refractivity (Wildman–Crippen MR) is 91.2 cm³/mol. The van der Waals surface area contributed by atoms with Crippen molar-refractivity contribution in [1.29, 1.82) is 0 Å². The van der Waals surface area contributed by atoms with Crippen LogP contribution in [0.25, 0.3) is 11.3 Å². The van der Waals surface area contributed by atoms with Crippen molar-refractivity contribution in [2.24, 2.45) is 5.92 Å². The molecule has 4 nitrogen and oxygen atoms in total. The van der Waals surface area contributed by atoms with E-state index in [0.717, 1.165) is 49.1 Å². The van der Waals surface area contributed by atoms with Crippen LogP contribution in [0.2, 0.25) is 0 Å². The second-order valence-corrected chi connectivity index (χ2v) is 5.99. The Balaban J connectivity index is 0.00000176. The van der Waals surface area contributed by atoms with Crippen LogP contribution in [0.3, 0.4) is 0 Å². The van der Waals surface area contributed by atoms with Gasteiger partial charge in [0.05, 0.1) is 6.54 Å². The smallest absolute Gasteiger partial charge is 0.151 e. The lowest BCUT2D eigenvalue weighted by Gasteiger charge is -2.13. The van der Waals surface area contributed by atoms with E-state index in [4.69, 9.17) is 4.52 Å².